The lowest BCUT2D eigenvalue weighted by atomic mass is 9.88. The van der Waals surface area contributed by atoms with E-state index in [-0.39, 0.29) is 5.30 Å². The summed E-state index contributed by atoms with van der Waals surface area (Å²) in [5.74, 6) is 0. The standard InChI is InChI=1S/C34H30O3P/c1-20-9-11-24-17-30(22(3)15-27(24)13-20)32-19-26-7-5-6-8-29(26)33(34(32)38(35,36)37)31-18-25-12-10-21(2)14-28(25)16-23(31)4/h5-19,35-37H,1-4H3/q+1. The molecule has 0 aliphatic rings. The predicted octanol–water partition coefficient (Wildman–Crippen LogP) is 8.08. The van der Waals surface area contributed by atoms with Crippen molar-refractivity contribution >= 4 is 45.6 Å². The first-order valence-electron chi connectivity index (χ1n) is 12.8. The van der Waals surface area contributed by atoms with Crippen LogP contribution in [0, 0.1) is 27.7 Å². The molecule has 0 aliphatic carbocycles. The monoisotopic (exact) mass is 517 g/mol. The number of hydrogen-bond donors (Lipinski definition) is 3. The average molecular weight is 518 g/mol. The van der Waals surface area contributed by atoms with Crippen LogP contribution in [0.5, 0.6) is 0 Å². The van der Waals surface area contributed by atoms with Crippen molar-refractivity contribution in [1.29, 1.82) is 0 Å². The molecule has 3 nitrogen and oxygen atoms in total. The molecule has 0 heterocycles. The maximum atomic E-state index is 11.0. The highest BCUT2D eigenvalue weighted by atomic mass is 31.2. The summed E-state index contributed by atoms with van der Waals surface area (Å²) in [4.78, 5) is 33.1. The van der Waals surface area contributed by atoms with Gasteiger partial charge < -0.3 is 0 Å². The largest absolute Gasteiger partial charge is 0.442 e. The second-order valence-electron chi connectivity index (χ2n) is 10.5. The van der Waals surface area contributed by atoms with Crippen molar-refractivity contribution < 1.29 is 14.7 Å². The molecular weight excluding hydrogens is 487 g/mol. The topological polar surface area (TPSA) is 60.7 Å². The molecule has 0 bridgehead atoms. The number of hydrogen-bond acceptors (Lipinski definition) is 3. The van der Waals surface area contributed by atoms with Crippen LogP contribution in [0.25, 0.3) is 54.6 Å². The van der Waals surface area contributed by atoms with Crippen LogP contribution < -0.4 is 5.30 Å². The van der Waals surface area contributed by atoms with Gasteiger partial charge in [0, 0.05) is 11.1 Å². The molecule has 38 heavy (non-hydrogen) atoms. The maximum Gasteiger partial charge on any atom is 0.442 e. The first kappa shape index (κ1) is 24.7. The van der Waals surface area contributed by atoms with Gasteiger partial charge in [-0.1, -0.05) is 83.9 Å². The smallest absolute Gasteiger partial charge is 0.189 e. The van der Waals surface area contributed by atoms with E-state index in [0.717, 1.165) is 54.6 Å². The molecule has 0 unspecified atom stereocenters. The lowest BCUT2D eigenvalue weighted by Crippen LogP contribution is -2.17. The van der Waals surface area contributed by atoms with Gasteiger partial charge in [-0.2, -0.15) is 14.7 Å². The van der Waals surface area contributed by atoms with Gasteiger partial charge in [-0.05, 0) is 100 Å². The summed E-state index contributed by atoms with van der Waals surface area (Å²) < 4.78 is 0. The van der Waals surface area contributed by atoms with E-state index in [1.165, 1.54) is 11.1 Å². The van der Waals surface area contributed by atoms with Gasteiger partial charge in [-0.3, -0.25) is 0 Å². The van der Waals surface area contributed by atoms with E-state index < -0.39 is 7.94 Å². The van der Waals surface area contributed by atoms with Crippen molar-refractivity contribution in [2.24, 2.45) is 0 Å². The zero-order valence-corrected chi connectivity index (χ0v) is 22.8. The van der Waals surface area contributed by atoms with Crippen LogP contribution in [-0.2, 0) is 0 Å². The van der Waals surface area contributed by atoms with Crippen molar-refractivity contribution in [2.75, 3.05) is 0 Å². The van der Waals surface area contributed by atoms with Crippen LogP contribution in [0.2, 0.25) is 0 Å². The average Bonchev–Trinajstić information content (AvgIpc) is 2.86. The van der Waals surface area contributed by atoms with Gasteiger partial charge in [-0.15, -0.1) is 0 Å². The molecule has 4 heteroatoms. The van der Waals surface area contributed by atoms with Crippen LogP contribution in [0.4, 0.5) is 0 Å². The van der Waals surface area contributed by atoms with E-state index in [4.69, 9.17) is 0 Å². The van der Waals surface area contributed by atoms with E-state index in [9.17, 15) is 14.7 Å². The van der Waals surface area contributed by atoms with Crippen LogP contribution >= 0.6 is 7.94 Å². The molecule has 6 rings (SSSR count). The van der Waals surface area contributed by atoms with Gasteiger partial charge in [0.2, 0.25) is 0 Å². The first-order chi connectivity index (χ1) is 18.1. The fraction of sp³-hybridized carbons (Fsp3) is 0.118. The first-order valence-corrected chi connectivity index (χ1v) is 14.4. The third-order valence-electron chi connectivity index (χ3n) is 7.56. The SMILES string of the molecule is Cc1ccc2cc(-c3cc4ccccc4c(-c4cc5ccc(C)cc5cc4C)c3[P+](O)(O)O)c(C)cc2c1. The van der Waals surface area contributed by atoms with Gasteiger partial charge in [-0.25, -0.2) is 0 Å². The number of rotatable bonds is 3. The summed E-state index contributed by atoms with van der Waals surface area (Å²) in [6, 6.07) is 31.1. The van der Waals surface area contributed by atoms with Gasteiger partial charge in [0.15, 0.2) is 5.30 Å². The summed E-state index contributed by atoms with van der Waals surface area (Å²) in [5, 5.41) is 6.43. The Bertz CT molecular complexity index is 1900. The van der Waals surface area contributed by atoms with Crippen molar-refractivity contribution in [3.05, 3.63) is 113 Å². The highest BCUT2D eigenvalue weighted by Crippen LogP contribution is 2.52. The molecule has 188 valence electrons. The Morgan fingerprint density at radius 2 is 1.00 bits per heavy atom. The molecule has 0 saturated carbocycles. The number of aryl methyl sites for hydroxylation is 4. The highest BCUT2D eigenvalue weighted by molar-refractivity contribution is 7.67. The van der Waals surface area contributed by atoms with E-state index in [1.807, 2.05) is 44.2 Å². The van der Waals surface area contributed by atoms with Gasteiger partial charge in [0.25, 0.3) is 0 Å². The van der Waals surface area contributed by atoms with Gasteiger partial charge >= 0.3 is 7.94 Å². The zero-order valence-electron chi connectivity index (χ0n) is 21.9. The summed E-state index contributed by atoms with van der Waals surface area (Å²) in [6.07, 6.45) is 0. The fourth-order valence-corrected chi connectivity index (χ4v) is 6.80. The minimum Gasteiger partial charge on any atom is -0.189 e. The normalized spacial score (nSPS) is 12.1. The number of fused-ring (bicyclic) bond motifs is 3. The molecule has 0 atom stereocenters. The maximum absolute atomic E-state index is 11.0. The van der Waals surface area contributed by atoms with Crippen LogP contribution in [0.15, 0.2) is 91.0 Å². The quantitative estimate of drug-likeness (QED) is 0.208. The molecule has 6 aromatic carbocycles. The molecule has 6 aromatic rings. The van der Waals surface area contributed by atoms with Crippen molar-refractivity contribution in [1.82, 2.24) is 0 Å². The molecule has 3 N–H and O–H groups in total. The zero-order chi connectivity index (χ0) is 26.8. The minimum atomic E-state index is -4.45. The Morgan fingerprint density at radius 3 is 1.61 bits per heavy atom. The van der Waals surface area contributed by atoms with Crippen molar-refractivity contribution in [2.45, 2.75) is 27.7 Å². The van der Waals surface area contributed by atoms with E-state index in [0.29, 0.717) is 11.1 Å². The van der Waals surface area contributed by atoms with Gasteiger partial charge in [0.1, 0.15) is 0 Å². The second kappa shape index (κ2) is 9.01. The molecule has 0 aromatic heterocycles. The molecule has 0 saturated heterocycles. The number of benzene rings is 6. The minimum absolute atomic E-state index is 0.195. The highest BCUT2D eigenvalue weighted by Gasteiger charge is 2.42. The Balaban J connectivity index is 1.76. The summed E-state index contributed by atoms with van der Waals surface area (Å²) in [6.45, 7) is 8.22. The molecule has 0 spiro atoms. The third-order valence-corrected chi connectivity index (χ3v) is 8.62. The molecule has 0 aliphatic heterocycles. The lowest BCUT2D eigenvalue weighted by molar-refractivity contribution is 0.347. The Hall–Kier alpha value is -3.59. The molecule has 0 fully saturated rings. The second-order valence-corrected chi connectivity index (χ2v) is 12.1. The van der Waals surface area contributed by atoms with Crippen molar-refractivity contribution in [3.63, 3.8) is 0 Å². The van der Waals surface area contributed by atoms with E-state index >= 15 is 0 Å². The Labute approximate surface area is 223 Å². The third kappa shape index (κ3) is 4.18. The van der Waals surface area contributed by atoms with E-state index in [1.54, 1.807) is 0 Å². The van der Waals surface area contributed by atoms with Gasteiger partial charge in [0.05, 0.1) is 0 Å². The predicted molar refractivity (Wildman–Crippen MR) is 162 cm³/mol. The molecule has 0 radical (unpaired) electrons. The molecule has 0 amide bonds. The summed E-state index contributed by atoms with van der Waals surface area (Å²) >= 11 is 0. The molecular formula is C34H30O3P+. The lowest BCUT2D eigenvalue weighted by Gasteiger charge is -2.20. The summed E-state index contributed by atoms with van der Waals surface area (Å²) in [5.41, 5.74) is 7.45. The van der Waals surface area contributed by atoms with Crippen LogP contribution in [0.3, 0.4) is 0 Å². The van der Waals surface area contributed by atoms with E-state index in [2.05, 4.69) is 74.5 Å². The van der Waals surface area contributed by atoms with Crippen LogP contribution in [-0.4, -0.2) is 14.7 Å². The fourth-order valence-electron chi connectivity index (χ4n) is 5.75. The Kier molecular flexibility index (Phi) is 5.86. The van der Waals surface area contributed by atoms with Crippen molar-refractivity contribution in [3.8, 4) is 22.3 Å². The van der Waals surface area contributed by atoms with Crippen LogP contribution in [0.1, 0.15) is 22.3 Å². The summed E-state index contributed by atoms with van der Waals surface area (Å²) in [7, 11) is -4.45. The Morgan fingerprint density at radius 1 is 0.474 bits per heavy atom.